The molecular weight excluding hydrogens is 400 g/mol. The van der Waals surface area contributed by atoms with Crippen molar-refractivity contribution in [2.45, 2.75) is 0 Å². The largest absolute Gasteiger partial charge is 0.493 e. The minimum atomic E-state index is -0.739. The van der Waals surface area contributed by atoms with Crippen LogP contribution in [-0.2, 0) is 4.79 Å². The van der Waals surface area contributed by atoms with Gasteiger partial charge in [-0.3, -0.25) is 9.59 Å². The molecule has 0 spiro atoms. The predicted molar refractivity (Wildman–Crippen MR) is 116 cm³/mol. The smallest absolute Gasteiger partial charge is 0.311 e. The van der Waals surface area contributed by atoms with Gasteiger partial charge in [-0.2, -0.15) is 0 Å². The maximum Gasteiger partial charge on any atom is 0.311 e. The van der Waals surface area contributed by atoms with Gasteiger partial charge in [-0.1, -0.05) is 42.5 Å². The molecule has 0 saturated carbocycles. The molecule has 148 valence electrons. The Hall–Kier alpha value is -4.04. The number of amides is 2. The van der Waals surface area contributed by atoms with Crippen molar-refractivity contribution in [3.05, 3.63) is 88.2 Å². The van der Waals surface area contributed by atoms with Gasteiger partial charge in [-0.25, -0.2) is 0 Å². The molecule has 0 bridgehead atoms. The highest BCUT2D eigenvalue weighted by Crippen LogP contribution is 2.35. The van der Waals surface area contributed by atoms with Crippen LogP contribution in [0.3, 0.4) is 0 Å². The number of rotatable bonds is 5. The van der Waals surface area contributed by atoms with Crippen LogP contribution in [0.4, 0.5) is 5.69 Å². The summed E-state index contributed by atoms with van der Waals surface area (Å²) in [5, 5.41) is 22.8. The van der Waals surface area contributed by atoms with E-state index < -0.39 is 11.8 Å². The minimum Gasteiger partial charge on any atom is -0.493 e. The fourth-order valence-electron chi connectivity index (χ4n) is 2.81. The van der Waals surface area contributed by atoms with Gasteiger partial charge >= 0.3 is 5.91 Å². The highest BCUT2D eigenvalue weighted by Gasteiger charge is 2.16. The third-order valence-electron chi connectivity index (χ3n) is 4.24. The van der Waals surface area contributed by atoms with Crippen LogP contribution in [0.2, 0.25) is 0 Å². The number of carbonyl (C=O) groups excluding carboxylic acids is 2. The number of azo groups is 1. The van der Waals surface area contributed by atoms with Gasteiger partial charge in [0.15, 0.2) is 5.69 Å². The molecule has 3 N–H and O–H groups in total. The lowest BCUT2D eigenvalue weighted by Crippen LogP contribution is -2.26. The number of para-hydroxylation sites is 1. The molecule has 2 aromatic heterocycles. The molecule has 0 unspecified atom stereocenters. The first-order chi connectivity index (χ1) is 14.6. The molecule has 0 aliphatic rings. The van der Waals surface area contributed by atoms with Crippen molar-refractivity contribution in [1.82, 2.24) is 10.3 Å². The van der Waals surface area contributed by atoms with Gasteiger partial charge in [-0.05, 0) is 35.7 Å². The van der Waals surface area contributed by atoms with Crippen molar-refractivity contribution >= 4 is 45.8 Å². The van der Waals surface area contributed by atoms with Gasteiger partial charge in [0.25, 0.3) is 5.91 Å². The van der Waals surface area contributed by atoms with Crippen molar-refractivity contribution in [1.29, 1.82) is 0 Å². The van der Waals surface area contributed by atoms with Crippen molar-refractivity contribution in [2.24, 2.45) is 10.2 Å². The maximum atomic E-state index is 12.7. The molecular formula is C22H16N4O3S. The molecule has 4 aromatic rings. The molecule has 2 heterocycles. The molecule has 0 fully saturated rings. The van der Waals surface area contributed by atoms with E-state index in [0.717, 1.165) is 4.88 Å². The third kappa shape index (κ3) is 4.18. The zero-order valence-corrected chi connectivity index (χ0v) is 16.4. The second kappa shape index (κ2) is 8.54. The molecule has 8 heteroatoms. The summed E-state index contributed by atoms with van der Waals surface area (Å²) in [5.41, 5.74) is 1.22. The Morgan fingerprint density at radius 2 is 1.77 bits per heavy atom. The normalized spacial score (nSPS) is 11.8. The van der Waals surface area contributed by atoms with Gasteiger partial charge in [-0.15, -0.1) is 21.6 Å². The zero-order valence-electron chi connectivity index (χ0n) is 15.6. The number of aromatic nitrogens is 1. The summed E-state index contributed by atoms with van der Waals surface area (Å²) in [6.07, 6.45) is 1.54. The van der Waals surface area contributed by atoms with Crippen molar-refractivity contribution in [3.8, 4) is 5.88 Å². The van der Waals surface area contributed by atoms with Crippen LogP contribution in [-0.4, -0.2) is 21.9 Å². The van der Waals surface area contributed by atoms with Crippen LogP contribution in [0, 0.1) is 0 Å². The Morgan fingerprint density at radius 1 is 1.00 bits per heavy atom. The predicted octanol–water partition coefficient (Wildman–Crippen LogP) is 5.02. The second-order valence-electron chi connectivity index (χ2n) is 6.27. The highest BCUT2D eigenvalue weighted by molar-refractivity contribution is 7.10. The van der Waals surface area contributed by atoms with Crippen LogP contribution in [0.25, 0.3) is 17.0 Å². The van der Waals surface area contributed by atoms with Gasteiger partial charge < -0.3 is 15.4 Å². The fourth-order valence-corrected chi connectivity index (χ4v) is 3.47. The molecule has 2 aromatic carbocycles. The van der Waals surface area contributed by atoms with Crippen LogP contribution in [0.15, 0.2) is 88.0 Å². The number of thiophene rings is 1. The Balaban J connectivity index is 1.63. The van der Waals surface area contributed by atoms with E-state index in [1.54, 1.807) is 54.6 Å². The molecule has 0 aliphatic heterocycles. The lowest BCUT2D eigenvalue weighted by molar-refractivity contribution is -0.115. The number of aromatic hydroxyl groups is 1. The monoisotopic (exact) mass is 416 g/mol. The molecule has 0 atom stereocenters. The zero-order chi connectivity index (χ0) is 20.9. The van der Waals surface area contributed by atoms with Gasteiger partial charge in [0.2, 0.25) is 5.88 Å². The first-order valence-corrected chi connectivity index (χ1v) is 9.87. The highest BCUT2D eigenvalue weighted by atomic mass is 32.1. The number of hydrogen-bond acceptors (Lipinski definition) is 5. The number of aromatic amines is 1. The van der Waals surface area contributed by atoms with Gasteiger partial charge in [0, 0.05) is 15.8 Å². The number of benzene rings is 2. The third-order valence-corrected chi connectivity index (χ3v) is 5.06. The Morgan fingerprint density at radius 3 is 2.53 bits per heavy atom. The maximum absolute atomic E-state index is 12.7. The molecule has 30 heavy (non-hydrogen) atoms. The van der Waals surface area contributed by atoms with Crippen LogP contribution in [0.1, 0.15) is 15.2 Å². The summed E-state index contributed by atoms with van der Waals surface area (Å²) < 4.78 is 0. The van der Waals surface area contributed by atoms with E-state index in [2.05, 4.69) is 20.5 Å². The first-order valence-electron chi connectivity index (χ1n) is 8.99. The number of H-pyrrole nitrogens is 1. The standard InChI is InChI=1S/C22H16N4O3S/c27-20(14-7-2-1-3-8-14)24-18(13-15-9-6-12-30-15)21(28)26-25-19-16-10-4-5-11-17(16)23-22(19)29/h1-13,23,29H,(H,24,27). The van der Waals surface area contributed by atoms with Crippen molar-refractivity contribution < 1.29 is 14.7 Å². The molecule has 7 nitrogen and oxygen atoms in total. The summed E-state index contributed by atoms with van der Waals surface area (Å²) in [7, 11) is 0. The van der Waals surface area contributed by atoms with E-state index in [-0.39, 0.29) is 17.3 Å². The fraction of sp³-hybridized carbons (Fsp3) is 0. The summed E-state index contributed by atoms with van der Waals surface area (Å²) in [4.78, 5) is 28.8. The molecule has 2 amide bonds. The average molecular weight is 416 g/mol. The van der Waals surface area contributed by atoms with Gasteiger partial charge in [0.05, 0.1) is 5.52 Å². The van der Waals surface area contributed by atoms with Crippen molar-refractivity contribution in [2.75, 3.05) is 0 Å². The number of carbonyl (C=O) groups is 2. The van der Waals surface area contributed by atoms with E-state index in [0.29, 0.717) is 16.5 Å². The van der Waals surface area contributed by atoms with E-state index in [1.165, 1.54) is 11.3 Å². The number of nitrogens with one attached hydrogen (secondary N) is 2. The van der Waals surface area contributed by atoms with E-state index in [4.69, 9.17) is 0 Å². The molecule has 0 radical (unpaired) electrons. The molecule has 0 aliphatic carbocycles. The molecule has 0 saturated heterocycles. The average Bonchev–Trinajstić information content (AvgIpc) is 3.39. The second-order valence-corrected chi connectivity index (χ2v) is 7.25. The van der Waals surface area contributed by atoms with Crippen LogP contribution in [0.5, 0.6) is 5.88 Å². The quantitative estimate of drug-likeness (QED) is 0.314. The number of nitrogens with zero attached hydrogens (tertiary/aromatic N) is 2. The lowest BCUT2D eigenvalue weighted by Gasteiger charge is -2.06. The Bertz CT molecular complexity index is 1260. The summed E-state index contributed by atoms with van der Waals surface area (Å²) in [6.45, 7) is 0. The summed E-state index contributed by atoms with van der Waals surface area (Å²) >= 11 is 1.41. The SMILES string of the molecule is O=C(N=Nc1c(O)[nH]c2ccccc12)C(=Cc1cccs1)NC(=O)c1ccccc1. The van der Waals surface area contributed by atoms with Crippen LogP contribution >= 0.6 is 11.3 Å². The van der Waals surface area contributed by atoms with Crippen molar-refractivity contribution in [3.63, 3.8) is 0 Å². The molecule has 4 rings (SSSR count). The number of fused-ring (bicyclic) bond motifs is 1. The Labute approximate surface area is 175 Å². The van der Waals surface area contributed by atoms with Gasteiger partial charge in [0.1, 0.15) is 5.70 Å². The van der Waals surface area contributed by atoms with E-state index in [9.17, 15) is 14.7 Å². The minimum absolute atomic E-state index is 0.0191. The number of hydrogen-bond donors (Lipinski definition) is 3. The Kier molecular flexibility index (Phi) is 5.49. The lowest BCUT2D eigenvalue weighted by atomic mass is 10.2. The van der Waals surface area contributed by atoms with E-state index in [1.807, 2.05) is 23.6 Å². The van der Waals surface area contributed by atoms with Crippen LogP contribution < -0.4 is 5.32 Å². The van der Waals surface area contributed by atoms with E-state index >= 15 is 0 Å². The first kappa shape index (κ1) is 19.3. The topological polar surface area (TPSA) is 107 Å². The summed E-state index contributed by atoms with van der Waals surface area (Å²) in [5.74, 6) is -1.36. The summed E-state index contributed by atoms with van der Waals surface area (Å²) in [6, 6.07) is 19.3.